The molecule has 18 heteroatoms. The number of nitrogens with one attached hydrogen (secondary N) is 1. The van der Waals surface area contributed by atoms with Crippen LogP contribution in [0.3, 0.4) is 0 Å². The molecule has 1 aliphatic rings. The van der Waals surface area contributed by atoms with Crippen LogP contribution in [-0.2, 0) is 26.0 Å². The van der Waals surface area contributed by atoms with Gasteiger partial charge in [-0.1, -0.05) is 13.8 Å². The predicted molar refractivity (Wildman–Crippen MR) is 165 cm³/mol. The number of hydrogen-bond donors (Lipinski definition) is 2. The maximum atomic E-state index is 14.5. The lowest BCUT2D eigenvalue weighted by Crippen LogP contribution is -2.56. The molecule has 3 aromatic rings. The number of fused-ring (bicyclic) bond motifs is 1. The molecule has 49 heavy (non-hydrogen) atoms. The zero-order valence-electron chi connectivity index (χ0n) is 27.6. The summed E-state index contributed by atoms with van der Waals surface area (Å²) >= 11 is 0. The molecule has 3 N–H and O–H groups in total. The van der Waals surface area contributed by atoms with Gasteiger partial charge in [0.1, 0.15) is 5.60 Å². The highest BCUT2D eigenvalue weighted by Crippen LogP contribution is 2.49. The van der Waals surface area contributed by atoms with Crippen molar-refractivity contribution in [2.45, 2.75) is 102 Å². The molecule has 3 atom stereocenters. The van der Waals surface area contributed by atoms with Crippen molar-refractivity contribution in [2.24, 2.45) is 11.3 Å². The van der Waals surface area contributed by atoms with Gasteiger partial charge in [0.05, 0.1) is 34.4 Å². The number of aromatic nitrogens is 3. The van der Waals surface area contributed by atoms with Crippen LogP contribution in [0.5, 0.6) is 0 Å². The summed E-state index contributed by atoms with van der Waals surface area (Å²) < 4.78 is 117. The maximum absolute atomic E-state index is 14.5. The second-order valence-electron chi connectivity index (χ2n) is 14.0. The molecular formula is C31H38F6N6O5S. The Bertz CT molecular complexity index is 1820. The summed E-state index contributed by atoms with van der Waals surface area (Å²) in [5.74, 6) is -2.67. The van der Waals surface area contributed by atoms with Gasteiger partial charge in [0, 0.05) is 11.6 Å². The molecule has 0 spiro atoms. The SMILES string of the molecule is CC(C)(C)OC(=O)N[C@@H](CCC(C)(C)C(F)(F)F)c1cn2ncc(CC3C[C@@](C)(C(F)(F)F)N(S(=O)(=O)c4ccc(N)cc4)C3=O)cc2n1. The first-order valence-electron chi connectivity index (χ1n) is 15.2. The summed E-state index contributed by atoms with van der Waals surface area (Å²) in [4.78, 5) is 30.0. The summed E-state index contributed by atoms with van der Waals surface area (Å²) in [6, 6.07) is 4.80. The normalized spacial score (nSPS) is 20.1. The van der Waals surface area contributed by atoms with Crippen molar-refractivity contribution >= 4 is 33.4 Å². The second-order valence-corrected chi connectivity index (χ2v) is 15.8. The summed E-state index contributed by atoms with van der Waals surface area (Å²) in [7, 11) is -4.95. The lowest BCUT2D eigenvalue weighted by molar-refractivity contribution is -0.214. The number of hydrogen-bond acceptors (Lipinski definition) is 8. The summed E-state index contributed by atoms with van der Waals surface area (Å²) in [6.07, 6.45) is -9.67. The number of nitrogens with two attached hydrogens (primary N) is 1. The van der Waals surface area contributed by atoms with E-state index in [-0.39, 0.29) is 46.2 Å². The Balaban J connectivity index is 1.64. The van der Waals surface area contributed by atoms with Crippen LogP contribution in [0.25, 0.3) is 5.65 Å². The van der Waals surface area contributed by atoms with Crippen molar-refractivity contribution in [2.75, 3.05) is 5.73 Å². The van der Waals surface area contributed by atoms with Gasteiger partial charge in [0.25, 0.3) is 10.0 Å². The first-order chi connectivity index (χ1) is 22.2. The van der Waals surface area contributed by atoms with Crippen molar-refractivity contribution in [3.05, 3.63) is 54.0 Å². The van der Waals surface area contributed by atoms with E-state index in [2.05, 4.69) is 15.4 Å². The number of carbonyl (C=O) groups excluding carboxylic acids is 2. The average molecular weight is 721 g/mol. The zero-order valence-corrected chi connectivity index (χ0v) is 28.4. The largest absolute Gasteiger partial charge is 0.444 e. The third-order valence-electron chi connectivity index (χ3n) is 8.42. The van der Waals surface area contributed by atoms with Crippen LogP contribution in [0.15, 0.2) is 47.6 Å². The molecule has 0 bridgehead atoms. The fourth-order valence-electron chi connectivity index (χ4n) is 5.47. The van der Waals surface area contributed by atoms with Gasteiger partial charge >= 0.3 is 18.4 Å². The summed E-state index contributed by atoms with van der Waals surface area (Å²) in [5.41, 5.74) is 0.208. The quantitative estimate of drug-likeness (QED) is 0.192. The van der Waals surface area contributed by atoms with Gasteiger partial charge in [0.2, 0.25) is 5.91 Å². The van der Waals surface area contributed by atoms with Gasteiger partial charge in [-0.15, -0.1) is 0 Å². The summed E-state index contributed by atoms with van der Waals surface area (Å²) in [5, 5.41) is 6.76. The van der Waals surface area contributed by atoms with Crippen LogP contribution in [0.2, 0.25) is 0 Å². The van der Waals surface area contributed by atoms with E-state index in [0.29, 0.717) is 6.92 Å². The number of anilines is 1. The molecule has 270 valence electrons. The molecule has 0 aliphatic carbocycles. The molecule has 0 radical (unpaired) electrons. The molecule has 1 unspecified atom stereocenters. The molecule has 11 nitrogen and oxygen atoms in total. The van der Waals surface area contributed by atoms with E-state index < -0.39 is 74.2 Å². The highest BCUT2D eigenvalue weighted by molar-refractivity contribution is 7.89. The van der Waals surface area contributed by atoms with Gasteiger partial charge in [0.15, 0.2) is 11.2 Å². The lowest BCUT2D eigenvalue weighted by atomic mass is 9.85. The number of sulfonamides is 1. The van der Waals surface area contributed by atoms with Crippen LogP contribution in [-0.4, -0.2) is 62.8 Å². The van der Waals surface area contributed by atoms with Crippen LogP contribution in [0, 0.1) is 11.3 Å². The first-order valence-corrected chi connectivity index (χ1v) is 16.6. The van der Waals surface area contributed by atoms with E-state index in [1.807, 2.05) is 0 Å². The molecule has 1 aromatic carbocycles. The molecule has 1 saturated heterocycles. The van der Waals surface area contributed by atoms with Crippen LogP contribution >= 0.6 is 0 Å². The van der Waals surface area contributed by atoms with Gasteiger partial charge < -0.3 is 15.8 Å². The number of amides is 2. The van der Waals surface area contributed by atoms with Gasteiger partial charge in [-0.05, 0) is 89.3 Å². The maximum Gasteiger partial charge on any atom is 0.412 e. The molecule has 0 saturated carbocycles. The minimum atomic E-state index is -5.12. The number of imidazole rings is 1. The smallest absolute Gasteiger partial charge is 0.412 e. The monoisotopic (exact) mass is 720 g/mol. The number of alkyl carbamates (subject to hydrolysis) is 1. The van der Waals surface area contributed by atoms with Crippen LogP contribution in [0.1, 0.15) is 78.1 Å². The molecule has 2 aromatic heterocycles. The average Bonchev–Trinajstić information content (AvgIpc) is 3.47. The number of nitrogens with zero attached hydrogens (tertiary/aromatic N) is 4. The third-order valence-corrected chi connectivity index (χ3v) is 10.4. The number of nitrogen functional groups attached to an aromatic ring is 1. The number of benzene rings is 1. The Morgan fingerprint density at radius 1 is 1.10 bits per heavy atom. The highest BCUT2D eigenvalue weighted by atomic mass is 32.2. The number of rotatable bonds is 9. The Morgan fingerprint density at radius 2 is 1.71 bits per heavy atom. The number of ether oxygens (including phenoxy) is 1. The van der Waals surface area contributed by atoms with E-state index in [4.69, 9.17) is 10.5 Å². The third kappa shape index (κ3) is 7.88. The standard InChI is InChI=1S/C31H38F6N6O5S/c1-27(2,3)48-26(45)41-22(11-12-28(4,5)30(32,33)34)23-17-42-24(40-23)14-18(16-39-42)13-19-15-29(6,31(35,36)37)43(25(19)44)49(46,47)21-9-7-20(38)8-10-21/h7-10,14,16-17,19,22H,11-13,15,38H2,1-6H3,(H,41,45)/t19?,22-,29-/m0/s1. The van der Waals surface area contributed by atoms with Gasteiger partial charge in [-0.3, -0.25) is 4.79 Å². The van der Waals surface area contributed by atoms with Crippen molar-refractivity contribution < 1.29 is 49.1 Å². The molecule has 3 heterocycles. The number of halogens is 6. The Morgan fingerprint density at radius 3 is 2.27 bits per heavy atom. The van der Waals surface area contributed by atoms with Crippen LogP contribution in [0.4, 0.5) is 36.8 Å². The topological polar surface area (TPSA) is 149 Å². The Labute approximate surface area is 279 Å². The van der Waals surface area contributed by atoms with Gasteiger partial charge in [-0.25, -0.2) is 27.0 Å². The predicted octanol–water partition coefficient (Wildman–Crippen LogP) is 6.35. The van der Waals surface area contributed by atoms with Crippen molar-refractivity contribution in [3.8, 4) is 0 Å². The van der Waals surface area contributed by atoms with Crippen molar-refractivity contribution in [1.29, 1.82) is 0 Å². The Hall–Kier alpha value is -4.09. The van der Waals surface area contributed by atoms with E-state index in [1.165, 1.54) is 35.1 Å². The molecule has 1 fully saturated rings. The number of carbonyl (C=O) groups is 2. The minimum Gasteiger partial charge on any atom is -0.444 e. The molecule has 1 aliphatic heterocycles. The summed E-state index contributed by atoms with van der Waals surface area (Å²) in [6.45, 7) is 7.56. The van der Waals surface area contributed by atoms with Crippen molar-refractivity contribution in [3.63, 3.8) is 0 Å². The molecular weight excluding hydrogens is 682 g/mol. The lowest BCUT2D eigenvalue weighted by Gasteiger charge is -2.35. The first kappa shape index (κ1) is 37.7. The van der Waals surface area contributed by atoms with Crippen molar-refractivity contribution in [1.82, 2.24) is 24.2 Å². The molecule has 2 amide bonds. The van der Waals surface area contributed by atoms with Gasteiger partial charge in [-0.2, -0.15) is 31.4 Å². The van der Waals surface area contributed by atoms with E-state index >= 15 is 0 Å². The van der Waals surface area contributed by atoms with E-state index in [9.17, 15) is 44.3 Å². The fraction of sp³-hybridized carbons (Fsp3) is 0.548. The Kier molecular flexibility index (Phi) is 9.75. The molecule has 4 rings (SSSR count). The van der Waals surface area contributed by atoms with E-state index in [0.717, 1.165) is 26.0 Å². The van der Waals surface area contributed by atoms with Crippen LogP contribution < -0.4 is 11.1 Å². The fourth-order valence-corrected chi connectivity index (χ4v) is 7.25. The second kappa shape index (κ2) is 12.7. The minimum absolute atomic E-state index is 0.106. The zero-order chi connectivity index (χ0) is 37.0. The number of alkyl halides is 6. The van der Waals surface area contributed by atoms with E-state index in [1.54, 1.807) is 20.8 Å². The highest BCUT2D eigenvalue weighted by Gasteiger charge is 2.66.